The van der Waals surface area contributed by atoms with E-state index in [0.29, 0.717) is 17.4 Å². The predicted octanol–water partition coefficient (Wildman–Crippen LogP) is 4.12. The van der Waals surface area contributed by atoms with E-state index in [9.17, 15) is 5.11 Å². The summed E-state index contributed by atoms with van der Waals surface area (Å²) in [5.74, 6) is 1.25. The first kappa shape index (κ1) is 13.6. The summed E-state index contributed by atoms with van der Waals surface area (Å²) in [5.41, 5.74) is 1.66. The number of rotatable bonds is 4. The molecule has 2 aromatic rings. The monoisotopic (exact) mass is 278 g/mol. The van der Waals surface area contributed by atoms with E-state index in [1.54, 1.807) is 18.2 Å². The van der Waals surface area contributed by atoms with Crippen molar-refractivity contribution in [2.75, 3.05) is 13.7 Å². The minimum Gasteiger partial charge on any atom is -0.504 e. The maximum Gasteiger partial charge on any atom is 0.160 e. The molecule has 1 N–H and O–H groups in total. The lowest BCUT2D eigenvalue weighted by Gasteiger charge is -2.10. The predicted molar refractivity (Wildman–Crippen MR) is 76.3 cm³/mol. The van der Waals surface area contributed by atoms with Crippen LogP contribution in [0.1, 0.15) is 6.92 Å². The molecule has 0 aromatic heterocycles. The van der Waals surface area contributed by atoms with E-state index >= 15 is 0 Å². The third-order valence-electron chi connectivity index (χ3n) is 2.74. The molecule has 2 aromatic carbocycles. The van der Waals surface area contributed by atoms with Crippen LogP contribution in [0.15, 0.2) is 36.4 Å². The van der Waals surface area contributed by atoms with Crippen molar-refractivity contribution in [3.8, 4) is 28.4 Å². The van der Waals surface area contributed by atoms with Gasteiger partial charge in [-0.25, -0.2) is 0 Å². The van der Waals surface area contributed by atoms with E-state index in [2.05, 4.69) is 0 Å². The van der Waals surface area contributed by atoms with Crippen molar-refractivity contribution in [3.63, 3.8) is 0 Å². The van der Waals surface area contributed by atoms with Crippen LogP contribution in [0.4, 0.5) is 0 Å². The van der Waals surface area contributed by atoms with Crippen molar-refractivity contribution in [2.45, 2.75) is 6.92 Å². The molecule has 0 atom stereocenters. The largest absolute Gasteiger partial charge is 0.504 e. The van der Waals surface area contributed by atoms with Gasteiger partial charge in [0.2, 0.25) is 0 Å². The zero-order valence-corrected chi connectivity index (χ0v) is 11.6. The Morgan fingerprint density at radius 3 is 2.53 bits per heavy atom. The molecular weight excluding hydrogens is 264 g/mol. The highest BCUT2D eigenvalue weighted by Gasteiger charge is 2.08. The van der Waals surface area contributed by atoms with Gasteiger partial charge in [0.1, 0.15) is 5.75 Å². The van der Waals surface area contributed by atoms with Gasteiger partial charge in [-0.1, -0.05) is 17.7 Å². The van der Waals surface area contributed by atoms with Gasteiger partial charge in [0.15, 0.2) is 11.5 Å². The molecule has 0 spiro atoms. The van der Waals surface area contributed by atoms with Gasteiger partial charge < -0.3 is 14.6 Å². The van der Waals surface area contributed by atoms with Gasteiger partial charge in [0.25, 0.3) is 0 Å². The Hall–Kier alpha value is -1.87. The average Bonchev–Trinajstić information content (AvgIpc) is 2.39. The van der Waals surface area contributed by atoms with E-state index in [1.165, 1.54) is 7.11 Å². The quantitative estimate of drug-likeness (QED) is 0.914. The average molecular weight is 279 g/mol. The highest BCUT2D eigenvalue weighted by Crippen LogP contribution is 2.36. The Bertz CT molecular complexity index is 582. The number of phenolic OH excluding ortho intramolecular Hbond substituents is 1. The molecule has 0 aliphatic rings. The maximum atomic E-state index is 9.79. The molecule has 2 rings (SSSR count). The molecule has 19 heavy (non-hydrogen) atoms. The Labute approximate surface area is 117 Å². The van der Waals surface area contributed by atoms with Crippen LogP contribution >= 0.6 is 11.6 Å². The van der Waals surface area contributed by atoms with Crippen molar-refractivity contribution in [1.82, 2.24) is 0 Å². The summed E-state index contributed by atoms with van der Waals surface area (Å²) in [7, 11) is 1.51. The summed E-state index contributed by atoms with van der Waals surface area (Å²) in [5, 5.41) is 10.4. The van der Waals surface area contributed by atoms with Crippen LogP contribution in [0, 0.1) is 0 Å². The zero-order chi connectivity index (χ0) is 13.8. The van der Waals surface area contributed by atoms with Gasteiger partial charge >= 0.3 is 0 Å². The Balaban J connectivity index is 2.39. The normalized spacial score (nSPS) is 10.3. The lowest BCUT2D eigenvalue weighted by atomic mass is 10.0. The smallest absolute Gasteiger partial charge is 0.160 e. The van der Waals surface area contributed by atoms with Crippen LogP contribution in [0.3, 0.4) is 0 Å². The van der Waals surface area contributed by atoms with E-state index < -0.39 is 0 Å². The van der Waals surface area contributed by atoms with Crippen molar-refractivity contribution in [1.29, 1.82) is 0 Å². The summed E-state index contributed by atoms with van der Waals surface area (Å²) >= 11 is 6.23. The van der Waals surface area contributed by atoms with Crippen molar-refractivity contribution in [2.24, 2.45) is 0 Å². The number of phenols is 1. The summed E-state index contributed by atoms with van der Waals surface area (Å²) in [6.45, 7) is 2.52. The molecule has 100 valence electrons. The molecule has 0 bridgehead atoms. The van der Waals surface area contributed by atoms with Crippen molar-refractivity contribution < 1.29 is 14.6 Å². The second-order valence-electron chi connectivity index (χ2n) is 3.96. The molecule has 0 fully saturated rings. The van der Waals surface area contributed by atoms with Crippen LogP contribution < -0.4 is 9.47 Å². The van der Waals surface area contributed by atoms with Gasteiger partial charge in [0.05, 0.1) is 18.7 Å². The molecule has 0 saturated heterocycles. The van der Waals surface area contributed by atoms with Crippen LogP contribution in [0.25, 0.3) is 11.1 Å². The van der Waals surface area contributed by atoms with Gasteiger partial charge in [-0.05, 0) is 42.8 Å². The number of benzene rings is 2. The lowest BCUT2D eigenvalue weighted by Crippen LogP contribution is -1.91. The fourth-order valence-electron chi connectivity index (χ4n) is 1.84. The highest BCUT2D eigenvalue weighted by atomic mass is 35.5. The first-order chi connectivity index (χ1) is 9.15. The first-order valence-electron chi connectivity index (χ1n) is 5.95. The molecule has 0 unspecified atom stereocenters. The summed E-state index contributed by atoms with van der Waals surface area (Å²) in [4.78, 5) is 0. The summed E-state index contributed by atoms with van der Waals surface area (Å²) in [6.07, 6.45) is 0. The minimum atomic E-state index is 0.0879. The SMILES string of the molecule is CCOc1ccc(-c2ccc(OC)c(O)c2)c(Cl)c1. The van der Waals surface area contributed by atoms with Gasteiger partial charge in [-0.3, -0.25) is 0 Å². The maximum absolute atomic E-state index is 9.79. The molecule has 0 amide bonds. The molecule has 0 radical (unpaired) electrons. The summed E-state index contributed by atoms with van der Waals surface area (Å²) < 4.78 is 10.4. The van der Waals surface area contributed by atoms with Gasteiger partial charge in [-0.2, -0.15) is 0 Å². The fraction of sp³-hybridized carbons (Fsp3) is 0.200. The van der Waals surface area contributed by atoms with Crippen LogP contribution in [-0.2, 0) is 0 Å². The Morgan fingerprint density at radius 2 is 1.95 bits per heavy atom. The fourth-order valence-corrected chi connectivity index (χ4v) is 2.12. The number of hydrogen-bond donors (Lipinski definition) is 1. The first-order valence-corrected chi connectivity index (χ1v) is 6.33. The number of methoxy groups -OCH3 is 1. The molecule has 0 aliphatic heterocycles. The van der Waals surface area contributed by atoms with Crippen molar-refractivity contribution >= 4 is 11.6 Å². The second-order valence-corrected chi connectivity index (χ2v) is 4.37. The zero-order valence-electron chi connectivity index (χ0n) is 10.8. The molecule has 0 aliphatic carbocycles. The lowest BCUT2D eigenvalue weighted by molar-refractivity contribution is 0.340. The third kappa shape index (κ3) is 2.93. The van der Waals surface area contributed by atoms with E-state index in [-0.39, 0.29) is 5.75 Å². The Morgan fingerprint density at radius 1 is 1.16 bits per heavy atom. The van der Waals surface area contributed by atoms with Gasteiger partial charge in [0, 0.05) is 5.56 Å². The molecule has 4 heteroatoms. The highest BCUT2D eigenvalue weighted by molar-refractivity contribution is 6.33. The third-order valence-corrected chi connectivity index (χ3v) is 3.05. The molecular formula is C15H15ClO3. The van der Waals surface area contributed by atoms with Crippen LogP contribution in [0.2, 0.25) is 5.02 Å². The standard InChI is InChI=1S/C15H15ClO3/c1-3-19-11-5-6-12(13(16)9-11)10-4-7-15(18-2)14(17)8-10/h4-9,17H,3H2,1-2H3. The minimum absolute atomic E-state index is 0.0879. The van der Waals surface area contributed by atoms with Gasteiger partial charge in [-0.15, -0.1) is 0 Å². The number of halogens is 1. The van der Waals surface area contributed by atoms with E-state index in [4.69, 9.17) is 21.1 Å². The number of hydrogen-bond acceptors (Lipinski definition) is 3. The van der Waals surface area contributed by atoms with Crippen molar-refractivity contribution in [3.05, 3.63) is 41.4 Å². The Kier molecular flexibility index (Phi) is 4.17. The molecule has 3 nitrogen and oxygen atoms in total. The topological polar surface area (TPSA) is 38.7 Å². The van der Waals surface area contributed by atoms with Crippen LogP contribution in [0.5, 0.6) is 17.2 Å². The number of ether oxygens (including phenoxy) is 2. The summed E-state index contributed by atoms with van der Waals surface area (Å²) in [6, 6.07) is 10.7. The van der Waals surface area contributed by atoms with E-state index in [1.807, 2.05) is 25.1 Å². The van der Waals surface area contributed by atoms with Crippen LogP contribution in [-0.4, -0.2) is 18.8 Å². The molecule has 0 saturated carbocycles. The van der Waals surface area contributed by atoms with E-state index in [0.717, 1.165) is 16.9 Å². The molecule has 0 heterocycles. The second kappa shape index (κ2) is 5.85. The number of aromatic hydroxyl groups is 1.